The number of imidazole rings is 1. The van der Waals surface area contributed by atoms with Crippen LogP contribution in [0.1, 0.15) is 6.42 Å². The van der Waals surface area contributed by atoms with E-state index in [0.29, 0.717) is 17.8 Å². The summed E-state index contributed by atoms with van der Waals surface area (Å²) in [6.07, 6.45) is 6.28. The first-order valence-corrected chi connectivity index (χ1v) is 5.80. The van der Waals surface area contributed by atoms with Gasteiger partial charge in [-0.25, -0.2) is 4.98 Å². The van der Waals surface area contributed by atoms with Crippen molar-refractivity contribution in [2.75, 3.05) is 6.61 Å². The Labute approximate surface area is 106 Å². The summed E-state index contributed by atoms with van der Waals surface area (Å²) in [5.74, 6) is 0.645. The highest BCUT2D eigenvalue weighted by molar-refractivity contribution is 6.58. The molecular weight excluding hydrogens is 231 g/mol. The first-order chi connectivity index (χ1) is 8.75. The first kappa shape index (κ1) is 12.7. The number of rotatable bonds is 6. The molecule has 0 aliphatic rings. The van der Waals surface area contributed by atoms with Gasteiger partial charge in [-0.2, -0.15) is 0 Å². The summed E-state index contributed by atoms with van der Waals surface area (Å²) in [7, 11) is -1.46. The molecule has 6 heteroatoms. The van der Waals surface area contributed by atoms with Crippen LogP contribution in [0.5, 0.6) is 5.75 Å². The van der Waals surface area contributed by atoms with Gasteiger partial charge in [-0.15, -0.1) is 0 Å². The minimum atomic E-state index is -1.46. The van der Waals surface area contributed by atoms with Crippen molar-refractivity contribution in [3.05, 3.63) is 43.0 Å². The van der Waals surface area contributed by atoms with Crippen LogP contribution >= 0.6 is 0 Å². The lowest BCUT2D eigenvalue weighted by molar-refractivity contribution is 0.302. The maximum absolute atomic E-state index is 9.03. The van der Waals surface area contributed by atoms with Crippen molar-refractivity contribution < 1.29 is 14.8 Å². The molecular formula is C12H15BN2O3. The lowest BCUT2D eigenvalue weighted by Gasteiger charge is -2.08. The molecule has 0 unspecified atom stereocenters. The van der Waals surface area contributed by atoms with Crippen LogP contribution in [-0.2, 0) is 6.54 Å². The fraction of sp³-hybridized carbons (Fsp3) is 0.250. The average molecular weight is 246 g/mol. The van der Waals surface area contributed by atoms with E-state index in [2.05, 4.69) is 4.98 Å². The number of aryl methyl sites for hydroxylation is 1. The van der Waals surface area contributed by atoms with Gasteiger partial charge in [0.25, 0.3) is 0 Å². The van der Waals surface area contributed by atoms with Crippen LogP contribution < -0.4 is 10.2 Å². The molecule has 0 saturated heterocycles. The Morgan fingerprint density at radius 2 is 2.22 bits per heavy atom. The van der Waals surface area contributed by atoms with Crippen LogP contribution in [-0.4, -0.2) is 33.3 Å². The molecule has 94 valence electrons. The van der Waals surface area contributed by atoms with Crippen LogP contribution in [0.3, 0.4) is 0 Å². The van der Waals surface area contributed by atoms with E-state index in [1.165, 1.54) is 0 Å². The van der Waals surface area contributed by atoms with Gasteiger partial charge in [-0.1, -0.05) is 12.1 Å². The Morgan fingerprint density at radius 1 is 1.33 bits per heavy atom. The molecule has 1 heterocycles. The molecule has 2 aromatic rings. The summed E-state index contributed by atoms with van der Waals surface area (Å²) >= 11 is 0. The second-order valence-electron chi connectivity index (χ2n) is 3.95. The van der Waals surface area contributed by atoms with Crippen LogP contribution in [0.2, 0.25) is 0 Å². The van der Waals surface area contributed by atoms with Crippen LogP contribution in [0.15, 0.2) is 43.0 Å². The Hall–Kier alpha value is -1.79. The van der Waals surface area contributed by atoms with Gasteiger partial charge in [0, 0.05) is 18.9 Å². The molecule has 2 rings (SSSR count). The van der Waals surface area contributed by atoms with Gasteiger partial charge in [0.15, 0.2) is 0 Å². The summed E-state index contributed by atoms with van der Waals surface area (Å²) in [4.78, 5) is 3.96. The molecule has 0 aliphatic carbocycles. The van der Waals surface area contributed by atoms with Crippen molar-refractivity contribution in [2.24, 2.45) is 0 Å². The molecule has 1 aromatic carbocycles. The van der Waals surface area contributed by atoms with Crippen LogP contribution in [0.25, 0.3) is 0 Å². The number of benzene rings is 1. The molecule has 2 N–H and O–H groups in total. The van der Waals surface area contributed by atoms with Gasteiger partial charge in [0.05, 0.1) is 12.9 Å². The second kappa shape index (κ2) is 6.23. The van der Waals surface area contributed by atoms with Crippen molar-refractivity contribution in [1.82, 2.24) is 9.55 Å². The topological polar surface area (TPSA) is 67.5 Å². The molecule has 0 radical (unpaired) electrons. The van der Waals surface area contributed by atoms with Crippen molar-refractivity contribution in [3.63, 3.8) is 0 Å². The number of nitrogens with zero attached hydrogens (tertiary/aromatic N) is 2. The number of hydrogen-bond donors (Lipinski definition) is 2. The summed E-state index contributed by atoms with van der Waals surface area (Å²) in [5.41, 5.74) is 0.433. The molecule has 0 bridgehead atoms. The molecule has 18 heavy (non-hydrogen) atoms. The highest BCUT2D eigenvalue weighted by atomic mass is 16.5. The summed E-state index contributed by atoms with van der Waals surface area (Å²) in [5, 5.41) is 18.1. The molecule has 0 atom stereocenters. The Balaban J connectivity index is 1.78. The predicted molar refractivity (Wildman–Crippen MR) is 68.6 cm³/mol. The van der Waals surface area contributed by atoms with Gasteiger partial charge in [0.2, 0.25) is 0 Å². The lowest BCUT2D eigenvalue weighted by Crippen LogP contribution is -2.29. The zero-order valence-corrected chi connectivity index (χ0v) is 9.94. The largest absolute Gasteiger partial charge is 0.494 e. The SMILES string of the molecule is OB(O)c1cccc(OCCCn2ccnc2)c1. The third-order valence-corrected chi connectivity index (χ3v) is 2.54. The molecule has 1 aromatic heterocycles. The Bertz CT molecular complexity index is 474. The minimum Gasteiger partial charge on any atom is -0.494 e. The van der Waals surface area contributed by atoms with Crippen molar-refractivity contribution >= 4 is 12.6 Å². The third kappa shape index (κ3) is 3.61. The van der Waals surface area contributed by atoms with Gasteiger partial charge in [-0.3, -0.25) is 0 Å². The van der Waals surface area contributed by atoms with Crippen LogP contribution in [0, 0.1) is 0 Å². The van der Waals surface area contributed by atoms with Crippen molar-refractivity contribution in [2.45, 2.75) is 13.0 Å². The molecule has 5 nitrogen and oxygen atoms in total. The van der Waals surface area contributed by atoms with E-state index < -0.39 is 7.12 Å². The summed E-state index contributed by atoms with van der Waals surface area (Å²) in [6.45, 7) is 1.42. The van der Waals surface area contributed by atoms with Crippen molar-refractivity contribution in [1.29, 1.82) is 0 Å². The number of ether oxygens (including phenoxy) is 1. The minimum absolute atomic E-state index is 0.433. The molecule has 0 spiro atoms. The number of hydrogen-bond acceptors (Lipinski definition) is 4. The highest BCUT2D eigenvalue weighted by Crippen LogP contribution is 2.08. The normalized spacial score (nSPS) is 10.3. The predicted octanol–water partition coefficient (Wildman–Crippen LogP) is 0.0320. The van der Waals surface area contributed by atoms with Gasteiger partial charge >= 0.3 is 7.12 Å². The number of aromatic nitrogens is 2. The zero-order chi connectivity index (χ0) is 12.8. The van der Waals surface area contributed by atoms with Gasteiger partial charge in [0.1, 0.15) is 5.75 Å². The van der Waals surface area contributed by atoms with Gasteiger partial charge in [-0.05, 0) is 24.0 Å². The fourth-order valence-electron chi connectivity index (χ4n) is 1.62. The summed E-state index contributed by atoms with van der Waals surface area (Å²) in [6, 6.07) is 6.80. The highest BCUT2D eigenvalue weighted by Gasteiger charge is 2.10. The quantitative estimate of drug-likeness (QED) is 0.557. The zero-order valence-electron chi connectivity index (χ0n) is 9.94. The second-order valence-corrected chi connectivity index (χ2v) is 3.95. The molecule has 0 amide bonds. The van der Waals surface area contributed by atoms with E-state index in [9.17, 15) is 0 Å². The fourth-order valence-corrected chi connectivity index (χ4v) is 1.62. The molecule has 0 aliphatic heterocycles. The maximum atomic E-state index is 9.03. The smallest absolute Gasteiger partial charge is 0.488 e. The third-order valence-electron chi connectivity index (χ3n) is 2.54. The lowest BCUT2D eigenvalue weighted by atomic mass is 9.80. The van der Waals surface area contributed by atoms with E-state index in [-0.39, 0.29) is 0 Å². The van der Waals surface area contributed by atoms with E-state index in [4.69, 9.17) is 14.8 Å². The van der Waals surface area contributed by atoms with Crippen molar-refractivity contribution in [3.8, 4) is 5.75 Å². The molecule has 0 saturated carbocycles. The summed E-state index contributed by atoms with van der Waals surface area (Å²) < 4.78 is 7.52. The maximum Gasteiger partial charge on any atom is 0.488 e. The van der Waals surface area contributed by atoms with Crippen LogP contribution in [0.4, 0.5) is 0 Å². The van der Waals surface area contributed by atoms with E-state index >= 15 is 0 Å². The van der Waals surface area contributed by atoms with E-state index in [1.807, 2.05) is 10.8 Å². The van der Waals surface area contributed by atoms with E-state index in [0.717, 1.165) is 13.0 Å². The van der Waals surface area contributed by atoms with E-state index in [1.54, 1.807) is 36.8 Å². The average Bonchev–Trinajstić information content (AvgIpc) is 2.88. The standard InChI is InChI=1S/C12H15BN2O3/c16-13(17)11-3-1-4-12(9-11)18-8-2-6-15-7-5-14-10-15/h1,3-5,7,9-10,16-17H,2,6,8H2. The Morgan fingerprint density at radius 3 is 2.94 bits per heavy atom. The molecule has 0 fully saturated rings. The first-order valence-electron chi connectivity index (χ1n) is 5.80. The Kier molecular flexibility index (Phi) is 4.38. The monoisotopic (exact) mass is 246 g/mol. The van der Waals surface area contributed by atoms with Gasteiger partial charge < -0.3 is 19.4 Å².